The van der Waals surface area contributed by atoms with E-state index in [4.69, 9.17) is 11.6 Å². The molecular formula is C11H11ClN4. The first-order valence-electron chi connectivity index (χ1n) is 5.24. The molecule has 2 aromatic rings. The molecule has 0 spiro atoms. The van der Waals surface area contributed by atoms with Crippen LogP contribution in [0.2, 0.25) is 5.15 Å². The van der Waals surface area contributed by atoms with Crippen LogP contribution in [-0.2, 0) is 0 Å². The van der Waals surface area contributed by atoms with Gasteiger partial charge in [-0.2, -0.15) is 0 Å². The van der Waals surface area contributed by atoms with Gasteiger partial charge >= 0.3 is 0 Å². The van der Waals surface area contributed by atoms with Gasteiger partial charge in [-0.1, -0.05) is 17.7 Å². The highest BCUT2D eigenvalue weighted by molar-refractivity contribution is 6.34. The molecule has 82 valence electrons. The lowest BCUT2D eigenvalue weighted by Gasteiger charge is -2.12. The molecular weight excluding hydrogens is 224 g/mol. The normalized spacial score (nSPS) is 16.4. The van der Waals surface area contributed by atoms with Gasteiger partial charge in [0.25, 0.3) is 0 Å². The quantitative estimate of drug-likeness (QED) is 0.742. The summed E-state index contributed by atoms with van der Waals surface area (Å²) in [4.78, 5) is 11.4. The summed E-state index contributed by atoms with van der Waals surface area (Å²) >= 11 is 6.01. The molecule has 0 aromatic carbocycles. The standard InChI is InChI=1S/C11H11ClN4/c12-10-8-5-9(7-1-3-13-4-2-7)16-11(8)15-6-14-10/h1,5-6,13H,2-4H2,(H,14,15,16). The van der Waals surface area contributed by atoms with Gasteiger partial charge in [0, 0.05) is 12.2 Å². The van der Waals surface area contributed by atoms with E-state index >= 15 is 0 Å². The predicted molar refractivity (Wildman–Crippen MR) is 64.4 cm³/mol. The number of H-pyrrole nitrogens is 1. The van der Waals surface area contributed by atoms with Gasteiger partial charge in [0.15, 0.2) is 0 Å². The van der Waals surface area contributed by atoms with Crippen molar-refractivity contribution in [3.63, 3.8) is 0 Å². The molecule has 1 aliphatic rings. The Hall–Kier alpha value is -1.39. The zero-order valence-electron chi connectivity index (χ0n) is 8.63. The van der Waals surface area contributed by atoms with Crippen LogP contribution in [-0.4, -0.2) is 28.0 Å². The van der Waals surface area contributed by atoms with Gasteiger partial charge in [0.05, 0.1) is 5.39 Å². The summed E-state index contributed by atoms with van der Waals surface area (Å²) in [7, 11) is 0. The third kappa shape index (κ3) is 1.60. The fourth-order valence-corrected chi connectivity index (χ4v) is 2.14. The zero-order chi connectivity index (χ0) is 11.0. The van der Waals surface area contributed by atoms with Crippen LogP contribution in [0.3, 0.4) is 0 Å². The average molecular weight is 235 g/mol. The van der Waals surface area contributed by atoms with E-state index in [-0.39, 0.29) is 0 Å². The maximum Gasteiger partial charge on any atom is 0.142 e. The Kier molecular flexibility index (Phi) is 2.38. The van der Waals surface area contributed by atoms with E-state index in [1.165, 1.54) is 11.9 Å². The second kappa shape index (κ2) is 3.88. The molecule has 0 amide bonds. The topological polar surface area (TPSA) is 53.6 Å². The predicted octanol–water partition coefficient (Wildman–Crippen LogP) is 1.99. The van der Waals surface area contributed by atoms with Crippen LogP contribution in [0.1, 0.15) is 12.1 Å². The number of nitrogens with zero attached hydrogens (tertiary/aromatic N) is 2. The molecule has 0 bridgehead atoms. The minimum Gasteiger partial charge on any atom is -0.339 e. The molecule has 0 atom stereocenters. The van der Waals surface area contributed by atoms with Crippen LogP contribution in [0.25, 0.3) is 16.6 Å². The van der Waals surface area contributed by atoms with E-state index in [0.29, 0.717) is 5.15 Å². The van der Waals surface area contributed by atoms with Crippen molar-refractivity contribution in [1.29, 1.82) is 0 Å². The highest BCUT2D eigenvalue weighted by atomic mass is 35.5. The first kappa shape index (κ1) is 9.81. The summed E-state index contributed by atoms with van der Waals surface area (Å²) in [6.07, 6.45) is 4.69. The molecule has 5 heteroatoms. The minimum atomic E-state index is 0.502. The van der Waals surface area contributed by atoms with Crippen LogP contribution < -0.4 is 5.32 Å². The summed E-state index contributed by atoms with van der Waals surface area (Å²) in [6, 6.07) is 2.02. The van der Waals surface area contributed by atoms with Crippen molar-refractivity contribution in [2.75, 3.05) is 13.1 Å². The second-order valence-electron chi connectivity index (χ2n) is 3.79. The fourth-order valence-electron chi connectivity index (χ4n) is 1.95. The van der Waals surface area contributed by atoms with Crippen LogP contribution in [0.15, 0.2) is 18.5 Å². The smallest absolute Gasteiger partial charge is 0.142 e. The number of halogens is 1. The van der Waals surface area contributed by atoms with E-state index in [0.717, 1.165) is 36.2 Å². The molecule has 0 fully saturated rings. The molecule has 0 saturated heterocycles. The van der Waals surface area contributed by atoms with Crippen molar-refractivity contribution in [3.8, 4) is 0 Å². The highest BCUT2D eigenvalue weighted by Crippen LogP contribution is 2.25. The van der Waals surface area contributed by atoms with Gasteiger partial charge in [-0.3, -0.25) is 0 Å². The molecule has 0 radical (unpaired) electrons. The number of nitrogens with one attached hydrogen (secondary N) is 2. The van der Waals surface area contributed by atoms with E-state index in [1.54, 1.807) is 0 Å². The molecule has 4 nitrogen and oxygen atoms in total. The lowest BCUT2D eigenvalue weighted by atomic mass is 10.1. The minimum absolute atomic E-state index is 0.502. The Bertz CT molecular complexity index is 558. The average Bonchev–Trinajstić information content (AvgIpc) is 2.76. The highest BCUT2D eigenvalue weighted by Gasteiger charge is 2.11. The first-order chi connectivity index (χ1) is 7.84. The summed E-state index contributed by atoms with van der Waals surface area (Å²) in [5.41, 5.74) is 3.21. The molecule has 2 aromatic heterocycles. The van der Waals surface area contributed by atoms with E-state index in [9.17, 15) is 0 Å². The molecule has 0 saturated carbocycles. The van der Waals surface area contributed by atoms with Crippen LogP contribution in [0.4, 0.5) is 0 Å². The molecule has 3 heterocycles. The number of hydrogen-bond acceptors (Lipinski definition) is 3. The number of hydrogen-bond donors (Lipinski definition) is 2. The van der Waals surface area contributed by atoms with Gasteiger partial charge < -0.3 is 10.3 Å². The van der Waals surface area contributed by atoms with Crippen molar-refractivity contribution in [2.24, 2.45) is 0 Å². The lowest BCUT2D eigenvalue weighted by molar-refractivity contribution is 0.737. The second-order valence-corrected chi connectivity index (χ2v) is 4.15. The SMILES string of the molecule is Clc1ncnc2[nH]c(C3=CCNCC3)cc12. The summed E-state index contributed by atoms with van der Waals surface area (Å²) in [5, 5.41) is 4.67. The Labute approximate surface area is 97.7 Å². The molecule has 1 aliphatic heterocycles. The third-order valence-electron chi connectivity index (χ3n) is 2.79. The zero-order valence-corrected chi connectivity index (χ0v) is 9.38. The number of aromatic nitrogens is 3. The monoisotopic (exact) mass is 234 g/mol. The van der Waals surface area contributed by atoms with Gasteiger partial charge in [-0.15, -0.1) is 0 Å². The Balaban J connectivity index is 2.11. The summed E-state index contributed by atoms with van der Waals surface area (Å²) in [6.45, 7) is 1.94. The van der Waals surface area contributed by atoms with Gasteiger partial charge in [-0.05, 0) is 24.6 Å². The fraction of sp³-hybridized carbons (Fsp3) is 0.273. The Morgan fingerprint density at radius 1 is 1.31 bits per heavy atom. The maximum atomic E-state index is 6.01. The van der Waals surface area contributed by atoms with Crippen LogP contribution in [0.5, 0.6) is 0 Å². The van der Waals surface area contributed by atoms with Gasteiger partial charge in [0.2, 0.25) is 0 Å². The van der Waals surface area contributed by atoms with Crippen molar-refractivity contribution in [2.45, 2.75) is 6.42 Å². The van der Waals surface area contributed by atoms with Crippen LogP contribution in [0, 0.1) is 0 Å². The van der Waals surface area contributed by atoms with E-state index in [1.807, 2.05) is 6.07 Å². The number of rotatable bonds is 1. The largest absolute Gasteiger partial charge is 0.339 e. The van der Waals surface area contributed by atoms with E-state index < -0.39 is 0 Å². The maximum absolute atomic E-state index is 6.01. The number of fused-ring (bicyclic) bond motifs is 1. The summed E-state index contributed by atoms with van der Waals surface area (Å²) in [5.74, 6) is 0. The molecule has 0 unspecified atom stereocenters. The Morgan fingerprint density at radius 2 is 2.25 bits per heavy atom. The lowest BCUT2D eigenvalue weighted by Crippen LogP contribution is -2.20. The van der Waals surface area contributed by atoms with Gasteiger partial charge in [-0.25, -0.2) is 9.97 Å². The third-order valence-corrected chi connectivity index (χ3v) is 3.09. The first-order valence-corrected chi connectivity index (χ1v) is 5.62. The van der Waals surface area contributed by atoms with Crippen molar-refractivity contribution in [1.82, 2.24) is 20.3 Å². The van der Waals surface area contributed by atoms with Crippen LogP contribution >= 0.6 is 11.6 Å². The molecule has 2 N–H and O–H groups in total. The van der Waals surface area contributed by atoms with E-state index in [2.05, 4.69) is 26.3 Å². The summed E-state index contributed by atoms with van der Waals surface area (Å²) < 4.78 is 0. The van der Waals surface area contributed by atoms with Crippen molar-refractivity contribution in [3.05, 3.63) is 29.3 Å². The Morgan fingerprint density at radius 3 is 3.00 bits per heavy atom. The molecule has 0 aliphatic carbocycles. The molecule has 16 heavy (non-hydrogen) atoms. The van der Waals surface area contributed by atoms with Gasteiger partial charge in [0.1, 0.15) is 17.1 Å². The number of aromatic amines is 1. The van der Waals surface area contributed by atoms with Crippen molar-refractivity contribution < 1.29 is 0 Å². The van der Waals surface area contributed by atoms with Crippen molar-refractivity contribution >= 4 is 28.2 Å². The molecule has 3 rings (SSSR count).